The number of nitrogens with one attached hydrogen (secondary N) is 1. The van der Waals surface area contributed by atoms with Crippen LogP contribution in [0.4, 0.5) is 0 Å². The van der Waals surface area contributed by atoms with Crippen LogP contribution in [-0.4, -0.2) is 29.1 Å². The zero-order chi connectivity index (χ0) is 18.3. The van der Waals surface area contributed by atoms with Crippen LogP contribution >= 0.6 is 0 Å². The summed E-state index contributed by atoms with van der Waals surface area (Å²) in [6.07, 6.45) is 3.03. The van der Waals surface area contributed by atoms with Crippen molar-refractivity contribution < 1.29 is 9.32 Å². The Morgan fingerprint density at radius 3 is 2.40 bits per heavy atom. The van der Waals surface area contributed by atoms with Crippen LogP contribution < -0.4 is 11.1 Å². The first-order valence-electron chi connectivity index (χ1n) is 8.98. The Kier molecular flexibility index (Phi) is 6.70. The highest BCUT2D eigenvalue weighted by Gasteiger charge is 2.32. The molecule has 136 valence electrons. The van der Waals surface area contributed by atoms with Gasteiger partial charge in [-0.3, -0.25) is 4.79 Å². The molecule has 0 fully saturated rings. The van der Waals surface area contributed by atoms with Crippen molar-refractivity contribution in [3.63, 3.8) is 0 Å². The highest BCUT2D eigenvalue weighted by molar-refractivity contribution is 5.82. The third-order valence-corrected chi connectivity index (χ3v) is 4.91. The van der Waals surface area contributed by atoms with E-state index in [-0.39, 0.29) is 5.91 Å². The summed E-state index contributed by atoms with van der Waals surface area (Å²) in [4.78, 5) is 16.7. The first kappa shape index (κ1) is 19.1. The lowest BCUT2D eigenvalue weighted by molar-refractivity contribution is -0.131. The molecule has 0 unspecified atom stereocenters. The predicted molar refractivity (Wildman–Crippen MR) is 97.9 cm³/mol. The minimum atomic E-state index is -0.446. The lowest BCUT2D eigenvalue weighted by atomic mass is 9.81. The van der Waals surface area contributed by atoms with Gasteiger partial charge in [0.25, 0.3) is 5.89 Å². The van der Waals surface area contributed by atoms with Crippen LogP contribution in [0.2, 0.25) is 0 Å². The molecule has 0 aliphatic carbocycles. The molecule has 6 nitrogen and oxygen atoms in total. The Morgan fingerprint density at radius 2 is 1.88 bits per heavy atom. The average Bonchev–Trinajstić information content (AvgIpc) is 3.13. The van der Waals surface area contributed by atoms with Gasteiger partial charge in [0.1, 0.15) is 0 Å². The number of carbonyl (C=O) groups excluding carboxylic acids is 1. The van der Waals surface area contributed by atoms with Gasteiger partial charge in [0.05, 0.1) is 5.41 Å². The molecular formula is C19H28N4O2. The van der Waals surface area contributed by atoms with Crippen molar-refractivity contribution in [1.82, 2.24) is 15.5 Å². The van der Waals surface area contributed by atoms with E-state index in [1.165, 1.54) is 0 Å². The molecule has 2 rings (SSSR count). The van der Waals surface area contributed by atoms with Crippen LogP contribution in [-0.2, 0) is 17.6 Å². The number of rotatable bonds is 9. The highest BCUT2D eigenvalue weighted by atomic mass is 16.5. The van der Waals surface area contributed by atoms with Gasteiger partial charge in [-0.25, -0.2) is 0 Å². The summed E-state index contributed by atoms with van der Waals surface area (Å²) >= 11 is 0. The molecule has 0 saturated heterocycles. The maximum absolute atomic E-state index is 12.4. The largest absolute Gasteiger partial charge is 0.355 e. The summed E-state index contributed by atoms with van der Waals surface area (Å²) in [6, 6.07) is 7.97. The number of aromatic nitrogens is 2. The summed E-state index contributed by atoms with van der Waals surface area (Å²) in [6.45, 7) is 6.99. The van der Waals surface area contributed by atoms with Gasteiger partial charge in [-0.05, 0) is 37.0 Å². The number of hydrogen-bond acceptors (Lipinski definition) is 5. The first-order valence-corrected chi connectivity index (χ1v) is 8.98. The fraction of sp³-hybridized carbons (Fsp3) is 0.526. The van der Waals surface area contributed by atoms with Crippen molar-refractivity contribution in [1.29, 1.82) is 0 Å². The summed E-state index contributed by atoms with van der Waals surface area (Å²) in [5, 5.41) is 6.93. The van der Waals surface area contributed by atoms with Crippen molar-refractivity contribution in [2.24, 2.45) is 11.1 Å². The van der Waals surface area contributed by atoms with Crippen molar-refractivity contribution in [3.8, 4) is 11.5 Å². The van der Waals surface area contributed by atoms with E-state index in [9.17, 15) is 4.79 Å². The van der Waals surface area contributed by atoms with Gasteiger partial charge in [0.15, 0.2) is 5.82 Å². The SMILES string of the molecule is CCc1noc(-c2ccc(CCNC(=O)C(CC)(CC)CN)cc2)n1. The zero-order valence-corrected chi connectivity index (χ0v) is 15.3. The van der Waals surface area contributed by atoms with Gasteiger partial charge in [0, 0.05) is 25.1 Å². The number of benzene rings is 1. The number of nitrogens with two attached hydrogens (primary N) is 1. The Morgan fingerprint density at radius 1 is 1.20 bits per heavy atom. The molecule has 0 bridgehead atoms. The lowest BCUT2D eigenvalue weighted by Gasteiger charge is -2.28. The van der Waals surface area contributed by atoms with Gasteiger partial charge in [0.2, 0.25) is 5.91 Å². The molecular weight excluding hydrogens is 316 g/mol. The van der Waals surface area contributed by atoms with Crippen LogP contribution in [0.3, 0.4) is 0 Å². The number of amides is 1. The second-order valence-corrected chi connectivity index (χ2v) is 6.26. The first-order chi connectivity index (χ1) is 12.1. The maximum atomic E-state index is 12.4. The molecule has 0 aliphatic heterocycles. The predicted octanol–water partition coefficient (Wildman–Crippen LogP) is 2.72. The van der Waals surface area contributed by atoms with E-state index >= 15 is 0 Å². The minimum Gasteiger partial charge on any atom is -0.355 e. The lowest BCUT2D eigenvalue weighted by Crippen LogP contribution is -2.45. The highest BCUT2D eigenvalue weighted by Crippen LogP contribution is 2.25. The van der Waals surface area contributed by atoms with E-state index in [2.05, 4.69) is 15.5 Å². The molecule has 1 aromatic heterocycles. The Bertz CT molecular complexity index is 667. The fourth-order valence-electron chi connectivity index (χ4n) is 2.79. The third kappa shape index (κ3) is 4.45. The van der Waals surface area contributed by atoms with E-state index in [1.54, 1.807) is 0 Å². The van der Waals surface area contributed by atoms with Crippen LogP contribution in [0.5, 0.6) is 0 Å². The molecule has 0 atom stereocenters. The van der Waals surface area contributed by atoms with Crippen LogP contribution in [0, 0.1) is 5.41 Å². The maximum Gasteiger partial charge on any atom is 0.257 e. The van der Waals surface area contributed by atoms with Gasteiger partial charge in [-0.2, -0.15) is 4.98 Å². The molecule has 0 radical (unpaired) electrons. The molecule has 1 amide bonds. The van der Waals surface area contributed by atoms with Gasteiger partial charge in [-0.15, -0.1) is 0 Å². The molecule has 1 heterocycles. The average molecular weight is 344 g/mol. The molecule has 0 aliphatic rings. The second-order valence-electron chi connectivity index (χ2n) is 6.26. The number of nitrogens with zero attached hydrogens (tertiary/aromatic N) is 2. The van der Waals surface area contributed by atoms with E-state index in [0.29, 0.717) is 24.8 Å². The van der Waals surface area contributed by atoms with Gasteiger partial charge in [-0.1, -0.05) is 38.1 Å². The Balaban J connectivity index is 1.90. The van der Waals surface area contributed by atoms with Crippen LogP contribution in [0.1, 0.15) is 45.0 Å². The van der Waals surface area contributed by atoms with Crippen LogP contribution in [0.25, 0.3) is 11.5 Å². The molecule has 6 heteroatoms. The quantitative estimate of drug-likeness (QED) is 0.729. The number of aryl methyl sites for hydroxylation is 1. The summed E-state index contributed by atoms with van der Waals surface area (Å²) in [5.41, 5.74) is 7.42. The molecule has 3 N–H and O–H groups in total. The second kappa shape index (κ2) is 8.76. The van der Waals surface area contributed by atoms with Crippen molar-refractivity contribution >= 4 is 5.91 Å². The zero-order valence-electron chi connectivity index (χ0n) is 15.3. The molecule has 0 saturated carbocycles. The molecule has 1 aromatic carbocycles. The Labute approximate surface area is 149 Å². The van der Waals surface area contributed by atoms with Crippen molar-refractivity contribution in [2.45, 2.75) is 46.5 Å². The monoisotopic (exact) mass is 344 g/mol. The van der Waals surface area contributed by atoms with E-state index in [4.69, 9.17) is 10.3 Å². The number of hydrogen-bond donors (Lipinski definition) is 2. The van der Waals surface area contributed by atoms with E-state index in [0.717, 1.165) is 36.8 Å². The van der Waals surface area contributed by atoms with Crippen molar-refractivity contribution in [2.75, 3.05) is 13.1 Å². The summed E-state index contributed by atoms with van der Waals surface area (Å²) in [5.74, 6) is 1.29. The van der Waals surface area contributed by atoms with E-state index in [1.807, 2.05) is 45.0 Å². The Hall–Kier alpha value is -2.21. The van der Waals surface area contributed by atoms with Crippen molar-refractivity contribution in [3.05, 3.63) is 35.7 Å². The fourth-order valence-corrected chi connectivity index (χ4v) is 2.79. The van der Waals surface area contributed by atoms with E-state index < -0.39 is 5.41 Å². The van der Waals surface area contributed by atoms with Crippen LogP contribution in [0.15, 0.2) is 28.8 Å². The summed E-state index contributed by atoms with van der Waals surface area (Å²) in [7, 11) is 0. The van der Waals surface area contributed by atoms with Gasteiger partial charge >= 0.3 is 0 Å². The topological polar surface area (TPSA) is 94.0 Å². The normalized spacial score (nSPS) is 11.5. The third-order valence-electron chi connectivity index (χ3n) is 4.91. The molecule has 25 heavy (non-hydrogen) atoms. The summed E-state index contributed by atoms with van der Waals surface area (Å²) < 4.78 is 5.24. The van der Waals surface area contributed by atoms with Gasteiger partial charge < -0.3 is 15.6 Å². The standard InChI is InChI=1S/C19H28N4O2/c1-4-16-22-17(25-23-16)15-9-7-14(8-10-15)11-12-21-18(24)19(5-2,6-3)13-20/h7-10H,4-6,11-13,20H2,1-3H3,(H,21,24). The smallest absolute Gasteiger partial charge is 0.257 e. The number of carbonyl (C=O) groups is 1. The molecule has 2 aromatic rings. The minimum absolute atomic E-state index is 0.0505. The molecule has 0 spiro atoms.